The van der Waals surface area contributed by atoms with Crippen molar-refractivity contribution >= 4 is 35.2 Å². The summed E-state index contributed by atoms with van der Waals surface area (Å²) in [5, 5.41) is 10.7. The highest BCUT2D eigenvalue weighted by molar-refractivity contribution is 7.11. The maximum Gasteiger partial charge on any atom is 0.365 e. The second-order valence-electron chi connectivity index (χ2n) is 3.55. The number of halogens is 1. The van der Waals surface area contributed by atoms with Crippen LogP contribution in [-0.2, 0) is 6.61 Å². The monoisotopic (exact) mass is 297 g/mol. The predicted octanol–water partition coefficient (Wildman–Crippen LogP) is 2.89. The van der Waals surface area contributed by atoms with Crippen LogP contribution in [0.3, 0.4) is 0 Å². The summed E-state index contributed by atoms with van der Waals surface area (Å²) in [4.78, 5) is 25.1. The number of aromatic nitrogens is 1. The summed E-state index contributed by atoms with van der Waals surface area (Å²) in [6, 6.07) is 4.65. The summed E-state index contributed by atoms with van der Waals surface area (Å²) in [5.74, 6) is -0.651. The number of nitrogens with zero attached hydrogens (tertiary/aromatic N) is 1. The van der Waals surface area contributed by atoms with Gasteiger partial charge in [0.2, 0.25) is 5.01 Å². The van der Waals surface area contributed by atoms with Crippen LogP contribution in [0.1, 0.15) is 25.9 Å². The molecule has 1 heterocycles. The van der Waals surface area contributed by atoms with Gasteiger partial charge >= 0.3 is 5.97 Å². The summed E-state index contributed by atoms with van der Waals surface area (Å²) in [7, 11) is 0. The van der Waals surface area contributed by atoms with E-state index >= 15 is 0 Å². The molecule has 0 aliphatic heterocycles. The van der Waals surface area contributed by atoms with E-state index in [2.05, 4.69) is 4.98 Å². The molecule has 0 saturated heterocycles. The molecule has 98 valence electrons. The molecule has 0 aliphatic carbocycles. The van der Waals surface area contributed by atoms with Crippen LogP contribution in [0.15, 0.2) is 23.6 Å². The lowest BCUT2D eigenvalue weighted by molar-refractivity contribution is 0.0696. The van der Waals surface area contributed by atoms with Crippen LogP contribution in [0.2, 0.25) is 5.02 Å². The molecule has 2 rings (SSSR count). The lowest BCUT2D eigenvalue weighted by Gasteiger charge is -2.06. The average molecular weight is 298 g/mol. The van der Waals surface area contributed by atoms with Crippen LogP contribution in [-0.4, -0.2) is 22.3 Å². The third kappa shape index (κ3) is 3.30. The molecule has 0 fully saturated rings. The number of carboxylic acids is 1. The van der Waals surface area contributed by atoms with Gasteiger partial charge in [0.25, 0.3) is 0 Å². The molecular weight excluding hydrogens is 290 g/mol. The van der Waals surface area contributed by atoms with Gasteiger partial charge in [0, 0.05) is 10.9 Å². The van der Waals surface area contributed by atoms with E-state index in [9.17, 15) is 9.59 Å². The van der Waals surface area contributed by atoms with Gasteiger partial charge < -0.3 is 9.84 Å². The molecular formula is C12H8ClNO4S. The normalized spacial score (nSPS) is 10.2. The van der Waals surface area contributed by atoms with Crippen molar-refractivity contribution in [2.75, 3.05) is 0 Å². The highest BCUT2D eigenvalue weighted by Crippen LogP contribution is 2.26. The summed E-state index contributed by atoms with van der Waals surface area (Å²) in [6.07, 6.45) is 0.690. The van der Waals surface area contributed by atoms with Crippen molar-refractivity contribution in [3.63, 3.8) is 0 Å². The fourth-order valence-corrected chi connectivity index (χ4v) is 2.21. The van der Waals surface area contributed by atoms with E-state index in [0.29, 0.717) is 28.3 Å². The number of aldehydes is 1. The number of hydrogen-bond acceptors (Lipinski definition) is 5. The fourth-order valence-electron chi connectivity index (χ4n) is 1.33. The molecule has 0 bridgehead atoms. The van der Waals surface area contributed by atoms with Gasteiger partial charge in [0.05, 0.1) is 10.7 Å². The van der Waals surface area contributed by atoms with E-state index in [0.717, 1.165) is 11.3 Å². The maximum atomic E-state index is 10.7. The van der Waals surface area contributed by atoms with Crippen LogP contribution in [0, 0.1) is 0 Å². The molecule has 0 atom stereocenters. The summed E-state index contributed by atoms with van der Waals surface area (Å²) < 4.78 is 5.42. The lowest BCUT2D eigenvalue weighted by Crippen LogP contribution is -1.99. The number of carboxylic acid groups (broad SMARTS) is 1. The van der Waals surface area contributed by atoms with Gasteiger partial charge in [0.1, 0.15) is 18.6 Å². The first-order valence-corrected chi connectivity index (χ1v) is 6.41. The second kappa shape index (κ2) is 5.81. The molecule has 0 unspecified atom stereocenters. The zero-order valence-electron chi connectivity index (χ0n) is 9.50. The number of ether oxygens (including phenoxy) is 1. The fraction of sp³-hybridized carbons (Fsp3) is 0.0833. The van der Waals surface area contributed by atoms with Gasteiger partial charge in [-0.2, -0.15) is 0 Å². The minimum absolute atomic E-state index is 0.0148. The number of carbonyl (C=O) groups is 2. The van der Waals surface area contributed by atoms with E-state index in [4.69, 9.17) is 21.4 Å². The van der Waals surface area contributed by atoms with Crippen molar-refractivity contribution in [3.05, 3.63) is 44.9 Å². The van der Waals surface area contributed by atoms with Crippen molar-refractivity contribution in [1.29, 1.82) is 0 Å². The molecule has 19 heavy (non-hydrogen) atoms. The van der Waals surface area contributed by atoms with Crippen LogP contribution in [0.4, 0.5) is 0 Å². The molecule has 0 spiro atoms. The summed E-state index contributed by atoms with van der Waals surface area (Å²) >= 11 is 6.97. The molecule has 0 saturated carbocycles. The molecule has 7 heteroatoms. The maximum absolute atomic E-state index is 10.7. The largest absolute Gasteiger partial charge is 0.486 e. The Morgan fingerprint density at radius 1 is 1.53 bits per heavy atom. The van der Waals surface area contributed by atoms with Crippen molar-refractivity contribution < 1.29 is 19.4 Å². The Morgan fingerprint density at radius 2 is 2.32 bits per heavy atom. The van der Waals surface area contributed by atoms with E-state index in [-0.39, 0.29) is 11.6 Å². The first-order chi connectivity index (χ1) is 9.10. The van der Waals surface area contributed by atoms with Gasteiger partial charge in [-0.1, -0.05) is 11.6 Å². The zero-order chi connectivity index (χ0) is 13.8. The molecule has 1 N–H and O–H groups in total. The van der Waals surface area contributed by atoms with Crippen molar-refractivity contribution in [1.82, 2.24) is 4.98 Å². The molecule has 2 aromatic rings. The lowest BCUT2D eigenvalue weighted by atomic mass is 10.2. The number of benzene rings is 1. The Hall–Kier alpha value is -1.92. The Labute approximate surface area is 117 Å². The molecule has 1 aromatic heterocycles. The third-order valence-electron chi connectivity index (χ3n) is 2.20. The zero-order valence-corrected chi connectivity index (χ0v) is 11.1. The Balaban J connectivity index is 2.05. The minimum Gasteiger partial charge on any atom is -0.486 e. The molecule has 1 aromatic carbocycles. The van der Waals surface area contributed by atoms with E-state index < -0.39 is 5.97 Å². The smallest absolute Gasteiger partial charge is 0.365 e. The van der Waals surface area contributed by atoms with Crippen LogP contribution in [0.25, 0.3) is 0 Å². The van der Waals surface area contributed by atoms with Crippen LogP contribution in [0.5, 0.6) is 5.75 Å². The van der Waals surface area contributed by atoms with Crippen molar-refractivity contribution in [3.8, 4) is 5.75 Å². The summed E-state index contributed by atoms with van der Waals surface area (Å²) in [6.45, 7) is 0.115. The highest BCUT2D eigenvalue weighted by atomic mass is 35.5. The van der Waals surface area contributed by atoms with Crippen molar-refractivity contribution in [2.24, 2.45) is 0 Å². The highest BCUT2D eigenvalue weighted by Gasteiger charge is 2.10. The molecule has 0 aliphatic rings. The topological polar surface area (TPSA) is 76.5 Å². The summed E-state index contributed by atoms with van der Waals surface area (Å²) in [5.41, 5.74) is 0.970. The van der Waals surface area contributed by atoms with Gasteiger partial charge in [-0.3, -0.25) is 4.79 Å². The van der Waals surface area contributed by atoms with Gasteiger partial charge in [-0.05, 0) is 18.2 Å². The Bertz CT molecular complexity index is 626. The van der Waals surface area contributed by atoms with E-state index in [1.807, 2.05) is 0 Å². The predicted molar refractivity (Wildman–Crippen MR) is 70.2 cm³/mol. The first kappa shape index (κ1) is 13.5. The third-order valence-corrected chi connectivity index (χ3v) is 3.38. The SMILES string of the molecule is O=Cc1ccc(OCc2csc(C(=O)O)n2)c(Cl)c1. The van der Waals surface area contributed by atoms with Gasteiger partial charge in [0.15, 0.2) is 0 Å². The molecule has 0 amide bonds. The average Bonchev–Trinajstić information content (AvgIpc) is 2.86. The number of hydrogen-bond donors (Lipinski definition) is 1. The van der Waals surface area contributed by atoms with Crippen molar-refractivity contribution in [2.45, 2.75) is 6.61 Å². The quantitative estimate of drug-likeness (QED) is 0.859. The van der Waals surface area contributed by atoms with Crippen LogP contribution < -0.4 is 4.74 Å². The number of rotatable bonds is 5. The molecule has 5 nitrogen and oxygen atoms in total. The van der Waals surface area contributed by atoms with Crippen LogP contribution >= 0.6 is 22.9 Å². The van der Waals surface area contributed by atoms with E-state index in [1.165, 1.54) is 6.07 Å². The molecule has 0 radical (unpaired) electrons. The first-order valence-electron chi connectivity index (χ1n) is 5.15. The van der Waals surface area contributed by atoms with E-state index in [1.54, 1.807) is 17.5 Å². The number of thiazole rings is 1. The second-order valence-corrected chi connectivity index (χ2v) is 4.81. The van der Waals surface area contributed by atoms with Gasteiger partial charge in [-0.15, -0.1) is 11.3 Å². The number of aromatic carboxylic acids is 1. The Morgan fingerprint density at radius 3 is 2.89 bits per heavy atom. The Kier molecular flexibility index (Phi) is 4.13. The standard InChI is InChI=1S/C12H8ClNO4S/c13-9-3-7(4-15)1-2-10(9)18-5-8-6-19-11(14-8)12(16)17/h1-4,6H,5H2,(H,16,17). The minimum atomic E-state index is -1.07. The van der Waals surface area contributed by atoms with Gasteiger partial charge in [-0.25, -0.2) is 9.78 Å². The number of carbonyl (C=O) groups excluding carboxylic acids is 1.